The summed E-state index contributed by atoms with van der Waals surface area (Å²) in [7, 11) is 1.57. The van der Waals surface area contributed by atoms with E-state index in [0.717, 1.165) is 25.7 Å². The van der Waals surface area contributed by atoms with Gasteiger partial charge in [0.15, 0.2) is 0 Å². The Balaban J connectivity index is 1.52. The molecular weight excluding hydrogens is 402 g/mol. The molecule has 3 aliphatic carbocycles. The van der Waals surface area contributed by atoms with Crippen molar-refractivity contribution in [2.75, 3.05) is 7.11 Å². The average molecular weight is 430 g/mol. The summed E-state index contributed by atoms with van der Waals surface area (Å²) in [4.78, 5) is 17.0. The molecule has 3 aromatic rings. The van der Waals surface area contributed by atoms with Crippen LogP contribution in [0, 0.1) is 5.41 Å². The lowest BCUT2D eigenvalue weighted by Crippen LogP contribution is -2.60. The van der Waals surface area contributed by atoms with Crippen LogP contribution in [0.1, 0.15) is 47.4 Å². The molecule has 5 unspecified atom stereocenters. The number of esters is 1. The second kappa shape index (κ2) is 7.03. The van der Waals surface area contributed by atoms with E-state index >= 15 is 0 Å². The van der Waals surface area contributed by atoms with Crippen LogP contribution in [0.3, 0.4) is 0 Å². The third kappa shape index (κ3) is 2.51. The fourth-order valence-electron chi connectivity index (χ4n) is 6.95. The van der Waals surface area contributed by atoms with Gasteiger partial charge >= 0.3 is 5.97 Å². The number of carbonyl (C=O) groups excluding carboxylic acids is 1. The van der Waals surface area contributed by atoms with Crippen molar-refractivity contribution in [3.8, 4) is 0 Å². The number of ether oxygens (including phenoxy) is 1. The molecule has 1 aromatic heterocycles. The lowest BCUT2D eigenvalue weighted by molar-refractivity contribution is -0.158. The first-order valence-electron chi connectivity index (χ1n) is 11.2. The number of fused-ring (bicyclic) bond motifs is 1. The van der Waals surface area contributed by atoms with Gasteiger partial charge in [0.2, 0.25) is 0 Å². The minimum Gasteiger partial charge on any atom is -0.469 e. The molecule has 0 spiro atoms. The fourth-order valence-corrected chi connectivity index (χ4v) is 9.21. The van der Waals surface area contributed by atoms with Crippen LogP contribution in [-0.2, 0) is 21.4 Å². The highest BCUT2D eigenvalue weighted by atomic mass is 32.2. The van der Waals surface area contributed by atoms with E-state index in [4.69, 9.17) is 4.74 Å². The minimum absolute atomic E-state index is 0.0163. The molecule has 0 amide bonds. The number of thioether (sulfide) groups is 1. The third-order valence-corrected chi connectivity index (χ3v) is 9.87. The van der Waals surface area contributed by atoms with E-state index in [1.807, 2.05) is 11.8 Å². The number of hydrogen-bond acceptors (Lipinski definition) is 3. The summed E-state index contributed by atoms with van der Waals surface area (Å²) < 4.78 is 5.56. The maximum absolute atomic E-state index is 13.6. The normalized spacial score (nSPS) is 33.0. The highest BCUT2D eigenvalue weighted by Crippen LogP contribution is 2.72. The number of benzene rings is 2. The molecule has 5 atom stereocenters. The first kappa shape index (κ1) is 19.2. The van der Waals surface area contributed by atoms with Gasteiger partial charge in [0.05, 0.1) is 12.5 Å². The molecule has 7 rings (SSSR count). The standard InChI is InChI=1S/C27H27NO2S/c1-30-25(29)27-15-20(14-18-8-4-2-5-9-18)31-24(27)26(19-10-6-3-7-11-19)13-12-22(27)21-16-28-17-23(21)26/h2-11,16-17,20,22,24,28H,12-15H2,1H3. The largest absolute Gasteiger partial charge is 0.469 e. The molecule has 4 aliphatic rings. The van der Waals surface area contributed by atoms with Gasteiger partial charge in [-0.1, -0.05) is 60.7 Å². The van der Waals surface area contributed by atoms with Crippen LogP contribution in [0.2, 0.25) is 0 Å². The van der Waals surface area contributed by atoms with Gasteiger partial charge < -0.3 is 9.72 Å². The van der Waals surface area contributed by atoms with Crippen molar-refractivity contribution >= 4 is 17.7 Å². The molecule has 1 N–H and O–H groups in total. The maximum Gasteiger partial charge on any atom is 0.313 e. The zero-order chi connectivity index (χ0) is 21.1. The second-order valence-electron chi connectivity index (χ2n) is 9.32. The van der Waals surface area contributed by atoms with Gasteiger partial charge in [-0.05, 0) is 47.9 Å². The van der Waals surface area contributed by atoms with Crippen LogP contribution in [0.5, 0.6) is 0 Å². The number of nitrogens with one attached hydrogen (secondary N) is 1. The molecule has 2 bridgehead atoms. The van der Waals surface area contributed by atoms with E-state index < -0.39 is 5.41 Å². The topological polar surface area (TPSA) is 42.1 Å². The Morgan fingerprint density at radius 1 is 1.10 bits per heavy atom. The predicted octanol–water partition coefficient (Wildman–Crippen LogP) is 5.47. The van der Waals surface area contributed by atoms with Gasteiger partial charge in [0.25, 0.3) is 0 Å². The van der Waals surface area contributed by atoms with Gasteiger partial charge in [-0.15, -0.1) is 0 Å². The van der Waals surface area contributed by atoms with Crippen LogP contribution >= 0.6 is 11.8 Å². The number of rotatable bonds is 4. The van der Waals surface area contributed by atoms with Crippen molar-refractivity contribution in [1.29, 1.82) is 0 Å². The lowest BCUT2D eigenvalue weighted by Gasteiger charge is -2.58. The lowest BCUT2D eigenvalue weighted by atomic mass is 9.46. The van der Waals surface area contributed by atoms with Crippen molar-refractivity contribution in [1.82, 2.24) is 4.98 Å². The van der Waals surface area contributed by atoms with Crippen LogP contribution < -0.4 is 0 Å². The van der Waals surface area contributed by atoms with E-state index in [1.54, 1.807) is 7.11 Å². The Morgan fingerprint density at radius 3 is 2.58 bits per heavy atom. The third-order valence-electron chi connectivity index (χ3n) is 8.05. The summed E-state index contributed by atoms with van der Waals surface area (Å²) in [6.45, 7) is 0. The zero-order valence-electron chi connectivity index (χ0n) is 17.7. The Kier molecular flexibility index (Phi) is 4.36. The molecule has 1 saturated carbocycles. The maximum atomic E-state index is 13.6. The molecule has 2 heterocycles. The molecule has 4 heteroatoms. The summed E-state index contributed by atoms with van der Waals surface area (Å²) in [6.07, 6.45) is 8.33. The molecule has 158 valence electrons. The first-order chi connectivity index (χ1) is 15.2. The van der Waals surface area contributed by atoms with E-state index in [0.29, 0.717) is 5.25 Å². The number of carbonyl (C=O) groups is 1. The van der Waals surface area contributed by atoms with Crippen molar-refractivity contribution in [3.63, 3.8) is 0 Å². The van der Waals surface area contributed by atoms with E-state index in [2.05, 4.69) is 78.0 Å². The SMILES string of the molecule is COC(=O)C12CC(Cc3ccccc3)SC1C1(c3ccccc3)CCC2c2c[nH]cc21. The summed E-state index contributed by atoms with van der Waals surface area (Å²) in [5, 5.41) is 0.591. The molecule has 1 aliphatic heterocycles. The smallest absolute Gasteiger partial charge is 0.313 e. The fraction of sp³-hybridized carbons (Fsp3) is 0.370. The van der Waals surface area contributed by atoms with Crippen LogP contribution in [0.25, 0.3) is 0 Å². The minimum atomic E-state index is -0.470. The number of H-pyrrole nitrogens is 1. The van der Waals surface area contributed by atoms with E-state index in [-0.39, 0.29) is 22.6 Å². The van der Waals surface area contributed by atoms with Gasteiger partial charge in [-0.2, -0.15) is 11.8 Å². The summed E-state index contributed by atoms with van der Waals surface area (Å²) in [5.41, 5.74) is 4.78. The van der Waals surface area contributed by atoms with Crippen molar-refractivity contribution in [2.24, 2.45) is 5.41 Å². The van der Waals surface area contributed by atoms with Crippen LogP contribution in [-0.4, -0.2) is 28.6 Å². The number of methoxy groups -OCH3 is 1. The van der Waals surface area contributed by atoms with Gasteiger partial charge in [0, 0.05) is 34.2 Å². The summed E-state index contributed by atoms with van der Waals surface area (Å²) in [5.74, 6) is 0.211. The van der Waals surface area contributed by atoms with Crippen molar-refractivity contribution in [2.45, 2.75) is 47.5 Å². The quantitative estimate of drug-likeness (QED) is 0.560. The molecular formula is C27H27NO2S. The first-order valence-corrected chi connectivity index (χ1v) is 12.1. The number of aromatic nitrogens is 1. The summed E-state index contributed by atoms with van der Waals surface area (Å²) in [6, 6.07) is 21.6. The van der Waals surface area contributed by atoms with Crippen LogP contribution in [0.15, 0.2) is 73.1 Å². The molecule has 1 saturated heterocycles. The van der Waals surface area contributed by atoms with Gasteiger partial charge in [-0.3, -0.25) is 4.79 Å². The second-order valence-corrected chi connectivity index (χ2v) is 10.7. The Morgan fingerprint density at radius 2 is 1.84 bits per heavy atom. The highest BCUT2D eigenvalue weighted by molar-refractivity contribution is 8.01. The molecule has 2 fully saturated rings. The Labute approximate surface area is 187 Å². The van der Waals surface area contributed by atoms with Gasteiger partial charge in [0.1, 0.15) is 0 Å². The van der Waals surface area contributed by atoms with Crippen molar-refractivity contribution < 1.29 is 9.53 Å². The monoisotopic (exact) mass is 429 g/mol. The Bertz CT molecular complexity index is 1110. The van der Waals surface area contributed by atoms with E-state index in [1.165, 1.54) is 22.3 Å². The molecule has 31 heavy (non-hydrogen) atoms. The summed E-state index contributed by atoms with van der Waals surface area (Å²) >= 11 is 2.04. The number of hydrogen-bond donors (Lipinski definition) is 1. The van der Waals surface area contributed by atoms with Gasteiger partial charge in [-0.25, -0.2) is 0 Å². The zero-order valence-corrected chi connectivity index (χ0v) is 18.5. The Hall–Kier alpha value is -2.46. The predicted molar refractivity (Wildman–Crippen MR) is 124 cm³/mol. The average Bonchev–Trinajstić information content (AvgIpc) is 3.47. The molecule has 0 radical (unpaired) electrons. The number of aromatic amines is 1. The van der Waals surface area contributed by atoms with E-state index in [9.17, 15) is 4.79 Å². The molecule has 2 aromatic carbocycles. The van der Waals surface area contributed by atoms with Crippen LogP contribution in [0.4, 0.5) is 0 Å². The molecule has 3 nitrogen and oxygen atoms in total. The van der Waals surface area contributed by atoms with Crippen molar-refractivity contribution in [3.05, 3.63) is 95.3 Å². The highest BCUT2D eigenvalue weighted by Gasteiger charge is 2.71.